The second-order valence-corrected chi connectivity index (χ2v) is 13.2. The highest BCUT2D eigenvalue weighted by atomic mass is 28.4. The molecule has 0 amide bonds. The van der Waals surface area contributed by atoms with Gasteiger partial charge in [-0.1, -0.05) is 13.2 Å². The zero-order chi connectivity index (χ0) is 22.1. The van der Waals surface area contributed by atoms with Crippen molar-refractivity contribution < 1.29 is 36.8 Å². The fourth-order valence-corrected chi connectivity index (χ4v) is 4.55. The lowest BCUT2D eigenvalue weighted by Gasteiger charge is -2.22. The first kappa shape index (κ1) is 28.9. The second-order valence-electron chi connectivity index (χ2n) is 6.03. The van der Waals surface area contributed by atoms with E-state index in [1.54, 1.807) is 28.4 Å². The van der Waals surface area contributed by atoms with Crippen molar-refractivity contribution >= 4 is 29.1 Å². The van der Waals surface area contributed by atoms with E-state index in [9.17, 15) is 9.59 Å². The van der Waals surface area contributed by atoms with E-state index in [4.69, 9.17) is 27.2 Å². The quantitative estimate of drug-likeness (QED) is 0.178. The summed E-state index contributed by atoms with van der Waals surface area (Å²) >= 11 is 0. The molecule has 164 valence electrons. The molecule has 0 fully saturated rings. The predicted molar refractivity (Wildman–Crippen MR) is 112 cm³/mol. The molecule has 0 radical (unpaired) electrons. The van der Waals surface area contributed by atoms with Crippen molar-refractivity contribution in [2.45, 2.75) is 38.0 Å². The van der Waals surface area contributed by atoms with E-state index < -0.39 is 17.1 Å². The van der Waals surface area contributed by atoms with Crippen LogP contribution in [-0.4, -0.2) is 70.7 Å². The molecule has 0 spiro atoms. The fourth-order valence-electron chi connectivity index (χ4n) is 1.82. The smallest absolute Gasteiger partial charge is 0.334 e. The first-order valence-electron chi connectivity index (χ1n) is 8.94. The van der Waals surface area contributed by atoms with Crippen molar-refractivity contribution in [3.63, 3.8) is 0 Å². The van der Waals surface area contributed by atoms with E-state index in [-0.39, 0.29) is 11.9 Å². The minimum absolute atomic E-state index is 0.386. The van der Waals surface area contributed by atoms with Crippen LogP contribution in [0.2, 0.25) is 25.2 Å². The number of hydrogen-bond acceptors (Lipinski definition) is 8. The maximum Gasteiger partial charge on any atom is 0.334 e. The summed E-state index contributed by atoms with van der Waals surface area (Å²) < 4.78 is 30.8. The summed E-state index contributed by atoms with van der Waals surface area (Å²) in [5.74, 6) is -0.772. The minimum atomic E-state index is -2.00. The maximum atomic E-state index is 10.7. The number of carbonyl (C=O) groups excluding carboxylic acids is 2. The van der Waals surface area contributed by atoms with Crippen molar-refractivity contribution in [3.8, 4) is 0 Å². The molecule has 0 aliphatic heterocycles. The van der Waals surface area contributed by atoms with Gasteiger partial charge >= 0.3 is 29.1 Å². The molecule has 0 rings (SSSR count). The molecule has 0 aromatic rings. The summed E-state index contributed by atoms with van der Waals surface area (Å²) in [7, 11) is 2.58. The highest BCUT2D eigenvalue weighted by Gasteiger charge is 2.28. The van der Waals surface area contributed by atoms with E-state index in [2.05, 4.69) is 13.2 Å². The van der Waals surface area contributed by atoms with Gasteiger partial charge in [0.2, 0.25) is 0 Å². The average molecular weight is 437 g/mol. The Morgan fingerprint density at radius 1 is 0.714 bits per heavy atom. The van der Waals surface area contributed by atoms with Crippen LogP contribution >= 0.6 is 0 Å². The van der Waals surface area contributed by atoms with Gasteiger partial charge in [-0.05, 0) is 38.0 Å². The highest BCUT2D eigenvalue weighted by molar-refractivity contribution is 6.66. The van der Waals surface area contributed by atoms with Crippen molar-refractivity contribution in [2.24, 2.45) is 0 Å². The first-order chi connectivity index (χ1) is 13.2. The van der Waals surface area contributed by atoms with Crippen LogP contribution in [0.1, 0.15) is 12.8 Å². The minimum Gasteiger partial charge on any atom is -0.463 e. The van der Waals surface area contributed by atoms with Gasteiger partial charge in [0.15, 0.2) is 0 Å². The fraction of sp³-hybridized carbons (Fsp3) is 0.667. The molecule has 0 aromatic carbocycles. The zero-order valence-corrected chi connectivity index (χ0v) is 20.1. The molecule has 0 unspecified atom stereocenters. The lowest BCUT2D eigenvalue weighted by molar-refractivity contribution is -0.138. The number of esters is 2. The van der Waals surface area contributed by atoms with Gasteiger partial charge in [0.25, 0.3) is 0 Å². The molecule has 10 heteroatoms. The summed E-state index contributed by atoms with van der Waals surface area (Å²) in [6.07, 6.45) is 3.82. The maximum absolute atomic E-state index is 10.7. The highest BCUT2D eigenvalue weighted by Crippen LogP contribution is 2.14. The third-order valence-corrected chi connectivity index (χ3v) is 10.1. The monoisotopic (exact) mass is 436 g/mol. The Hall–Kier alpha value is -1.31. The van der Waals surface area contributed by atoms with E-state index >= 15 is 0 Å². The van der Waals surface area contributed by atoms with Crippen LogP contribution in [0.5, 0.6) is 0 Å². The van der Waals surface area contributed by atoms with Crippen molar-refractivity contribution in [3.05, 3.63) is 25.3 Å². The molecular weight excluding hydrogens is 400 g/mol. The standard InChI is InChI=1S/2C9H18O4Si/c2*1-5-9(10)13-7-6-8-14(4,11-2)12-3/h2*5H,1,6-8H2,2-4H3. The predicted octanol–water partition coefficient (Wildman–Crippen LogP) is 2.94. The summed E-state index contributed by atoms with van der Waals surface area (Å²) in [5, 5.41) is 0. The van der Waals surface area contributed by atoms with E-state index in [0.717, 1.165) is 37.1 Å². The molecule has 0 heterocycles. The molecule has 0 N–H and O–H groups in total. The van der Waals surface area contributed by atoms with Gasteiger partial charge in [0, 0.05) is 40.6 Å². The van der Waals surface area contributed by atoms with Crippen molar-refractivity contribution in [2.75, 3.05) is 41.7 Å². The molecule has 0 aliphatic rings. The summed E-state index contributed by atoms with van der Waals surface area (Å²) in [6, 6.07) is 1.62. The van der Waals surface area contributed by atoms with Crippen molar-refractivity contribution in [1.82, 2.24) is 0 Å². The normalized spacial score (nSPS) is 11.1. The Labute approximate surface area is 171 Å². The average Bonchev–Trinajstić information content (AvgIpc) is 2.73. The zero-order valence-electron chi connectivity index (χ0n) is 18.1. The van der Waals surface area contributed by atoms with Crippen molar-refractivity contribution in [1.29, 1.82) is 0 Å². The van der Waals surface area contributed by atoms with Crippen LogP contribution in [0, 0.1) is 0 Å². The van der Waals surface area contributed by atoms with Crippen LogP contribution in [0.15, 0.2) is 25.3 Å². The molecule has 0 aromatic heterocycles. The summed E-state index contributed by atoms with van der Waals surface area (Å²) in [5.41, 5.74) is 0. The molecule has 8 nitrogen and oxygen atoms in total. The number of rotatable bonds is 14. The number of ether oxygens (including phenoxy) is 2. The van der Waals surface area contributed by atoms with Gasteiger partial charge in [-0.15, -0.1) is 0 Å². The molecule has 0 atom stereocenters. The van der Waals surface area contributed by atoms with Gasteiger partial charge in [0.05, 0.1) is 13.2 Å². The Morgan fingerprint density at radius 2 is 1.00 bits per heavy atom. The Kier molecular flexibility index (Phi) is 17.2. The Morgan fingerprint density at radius 3 is 1.21 bits per heavy atom. The van der Waals surface area contributed by atoms with Gasteiger partial charge in [-0.3, -0.25) is 0 Å². The second kappa shape index (κ2) is 16.6. The van der Waals surface area contributed by atoms with Crippen LogP contribution < -0.4 is 0 Å². The largest absolute Gasteiger partial charge is 0.463 e. The molecule has 0 saturated heterocycles. The Bertz CT molecular complexity index is 421. The Balaban J connectivity index is 0. The summed E-state index contributed by atoms with van der Waals surface area (Å²) in [6.45, 7) is 11.3. The number of hydrogen-bond donors (Lipinski definition) is 0. The SMILES string of the molecule is C=CC(=O)OCCC[Si](C)(OC)OC.C=CC(=O)OCCC[Si](C)(OC)OC. The van der Waals surface area contributed by atoms with Crippen LogP contribution in [-0.2, 0) is 36.8 Å². The first-order valence-corrected chi connectivity index (χ1v) is 14.0. The number of carbonyl (C=O) groups is 2. The van der Waals surface area contributed by atoms with E-state index in [1.807, 2.05) is 13.1 Å². The van der Waals surface area contributed by atoms with Crippen LogP contribution in [0.3, 0.4) is 0 Å². The van der Waals surface area contributed by atoms with E-state index in [0.29, 0.717) is 13.2 Å². The van der Waals surface area contributed by atoms with Gasteiger partial charge in [-0.25, -0.2) is 9.59 Å². The molecule has 0 aliphatic carbocycles. The molecule has 28 heavy (non-hydrogen) atoms. The van der Waals surface area contributed by atoms with E-state index in [1.165, 1.54) is 0 Å². The third-order valence-electron chi connectivity index (χ3n) is 4.10. The molecule has 0 saturated carbocycles. The van der Waals surface area contributed by atoms with Gasteiger partial charge < -0.3 is 27.2 Å². The van der Waals surface area contributed by atoms with Crippen LogP contribution in [0.4, 0.5) is 0 Å². The lowest BCUT2D eigenvalue weighted by Crippen LogP contribution is -2.36. The molecule has 0 bridgehead atoms. The van der Waals surface area contributed by atoms with Gasteiger partial charge in [-0.2, -0.15) is 0 Å². The summed E-state index contributed by atoms with van der Waals surface area (Å²) in [4.78, 5) is 21.4. The molecular formula is C18H36O8Si2. The lowest BCUT2D eigenvalue weighted by atomic mass is 10.5. The topological polar surface area (TPSA) is 89.5 Å². The van der Waals surface area contributed by atoms with Crippen LogP contribution in [0.25, 0.3) is 0 Å². The third kappa shape index (κ3) is 14.7. The van der Waals surface area contributed by atoms with Gasteiger partial charge in [0.1, 0.15) is 0 Å².